The van der Waals surface area contributed by atoms with Crippen LogP contribution >= 0.6 is 0 Å². The molecule has 4 rings (SSSR count). The summed E-state index contributed by atoms with van der Waals surface area (Å²) >= 11 is 0. The Balaban J connectivity index is 1.53. The summed E-state index contributed by atoms with van der Waals surface area (Å²) in [5, 5.41) is 43.6. The van der Waals surface area contributed by atoms with E-state index in [4.69, 9.17) is 42.6 Å². The molecule has 2 saturated heterocycles. The number of carbonyl (C=O) groups excluding carboxylic acids is 6. The van der Waals surface area contributed by atoms with Gasteiger partial charge in [0.15, 0.2) is 24.4 Å². The van der Waals surface area contributed by atoms with Crippen molar-refractivity contribution in [2.24, 2.45) is 0 Å². The van der Waals surface area contributed by atoms with Crippen molar-refractivity contribution >= 4 is 35.8 Å². The van der Waals surface area contributed by atoms with E-state index in [9.17, 15) is 49.2 Å². The predicted octanol–water partition coefficient (Wildman–Crippen LogP) is 10.8. The number of hydrogen-bond acceptors (Lipinski definition) is 19. The highest BCUT2D eigenvalue weighted by Crippen LogP contribution is 2.34. The van der Waals surface area contributed by atoms with E-state index in [1.54, 1.807) is 54.6 Å². The van der Waals surface area contributed by atoms with E-state index in [1.807, 2.05) is 6.07 Å². The summed E-state index contributed by atoms with van der Waals surface area (Å²) in [6, 6.07) is 17.8. The van der Waals surface area contributed by atoms with Gasteiger partial charge in [-0.15, -0.1) is 0 Å². The van der Waals surface area contributed by atoms with E-state index < -0.39 is 136 Å². The number of benzene rings is 2. The quantitative estimate of drug-likeness (QED) is 0.0273. The standard InChI is InChI=1S/C66H102O19/c1-3-5-7-9-11-13-15-17-19-21-23-25-33-39-55(71)81-61-52(46-68)80-66(85-65-62(60(76)59(75)51(45-67)79-65)82-57(73)43-41-53(69)77-47-49-35-29-27-30-36-49)64(84-58(74)44-42-54(70)78-48-50-37-31-28-32-38-50)63(61)83-56(72)40-34-26-24-22-20-18-16-14-12-10-8-6-4-2/h27-32,35-38,51-52,59-68,75-76H,3-26,33-34,39-48H2,1-2H3/t51-,52-,59-,60+,61-,62-,63+,64-,65-,66-/m1/s1. The van der Waals surface area contributed by atoms with Crippen molar-refractivity contribution in [1.82, 2.24) is 0 Å². The lowest BCUT2D eigenvalue weighted by molar-refractivity contribution is -0.377. The largest absolute Gasteiger partial charge is 0.461 e. The number of rotatable bonds is 46. The van der Waals surface area contributed by atoms with Crippen LogP contribution in [0.4, 0.5) is 0 Å². The van der Waals surface area contributed by atoms with E-state index >= 15 is 0 Å². The van der Waals surface area contributed by atoms with Gasteiger partial charge in [-0.1, -0.05) is 229 Å². The van der Waals surface area contributed by atoms with Gasteiger partial charge in [-0.2, -0.15) is 0 Å². The molecule has 19 nitrogen and oxygen atoms in total. The summed E-state index contributed by atoms with van der Waals surface area (Å²) < 4.78 is 52.8. The highest BCUT2D eigenvalue weighted by Gasteiger charge is 2.56. The molecule has 4 N–H and O–H groups in total. The first-order valence-electron chi connectivity index (χ1n) is 32.1. The Morgan fingerprint density at radius 1 is 0.365 bits per heavy atom. The van der Waals surface area contributed by atoms with Gasteiger partial charge < -0.3 is 63.1 Å². The van der Waals surface area contributed by atoms with Gasteiger partial charge in [0.2, 0.25) is 12.6 Å². The summed E-state index contributed by atoms with van der Waals surface area (Å²) in [7, 11) is 0. The van der Waals surface area contributed by atoms with Crippen molar-refractivity contribution in [2.45, 2.75) is 294 Å². The minimum Gasteiger partial charge on any atom is -0.461 e. The first kappa shape index (κ1) is 72.5. The van der Waals surface area contributed by atoms with Crippen LogP contribution in [0.25, 0.3) is 0 Å². The van der Waals surface area contributed by atoms with Crippen LogP contribution in [0.15, 0.2) is 60.7 Å². The van der Waals surface area contributed by atoms with E-state index in [-0.39, 0.29) is 26.1 Å². The van der Waals surface area contributed by atoms with Gasteiger partial charge in [-0.25, -0.2) is 0 Å². The lowest BCUT2D eigenvalue weighted by atomic mass is 9.97. The van der Waals surface area contributed by atoms with Crippen LogP contribution in [0.3, 0.4) is 0 Å². The molecule has 0 unspecified atom stereocenters. The van der Waals surface area contributed by atoms with Crippen molar-refractivity contribution in [3.63, 3.8) is 0 Å². The van der Waals surface area contributed by atoms with Crippen molar-refractivity contribution in [3.8, 4) is 0 Å². The predicted molar refractivity (Wildman–Crippen MR) is 316 cm³/mol. The second-order valence-electron chi connectivity index (χ2n) is 22.7. The minimum atomic E-state index is -1.99. The fraction of sp³-hybridized carbons (Fsp3) is 0.727. The summed E-state index contributed by atoms with van der Waals surface area (Å²) in [6.45, 7) is 2.59. The molecular formula is C66H102O19. The van der Waals surface area contributed by atoms with Gasteiger partial charge in [-0.3, -0.25) is 28.8 Å². The van der Waals surface area contributed by atoms with Gasteiger partial charge in [-0.05, 0) is 24.0 Å². The molecule has 0 amide bonds. The van der Waals surface area contributed by atoms with Crippen molar-refractivity contribution in [1.29, 1.82) is 0 Å². The molecule has 85 heavy (non-hydrogen) atoms. The van der Waals surface area contributed by atoms with E-state index in [0.717, 1.165) is 64.2 Å². The monoisotopic (exact) mass is 1200 g/mol. The van der Waals surface area contributed by atoms with Crippen LogP contribution in [0.1, 0.15) is 230 Å². The van der Waals surface area contributed by atoms with Crippen LogP contribution in [0.5, 0.6) is 0 Å². The molecule has 10 atom stereocenters. The molecule has 0 saturated carbocycles. The molecule has 0 aromatic heterocycles. The maximum Gasteiger partial charge on any atom is 0.306 e. The summed E-state index contributed by atoms with van der Waals surface area (Å²) in [6.07, 6.45) is 8.23. The van der Waals surface area contributed by atoms with Crippen LogP contribution < -0.4 is 0 Å². The molecule has 19 heteroatoms. The van der Waals surface area contributed by atoms with E-state index in [1.165, 1.54) is 89.9 Å². The Bertz CT molecular complexity index is 2130. The van der Waals surface area contributed by atoms with Gasteiger partial charge in [0, 0.05) is 12.8 Å². The highest BCUT2D eigenvalue weighted by molar-refractivity contribution is 5.78. The Morgan fingerprint density at radius 2 is 0.682 bits per heavy atom. The van der Waals surface area contributed by atoms with Crippen molar-refractivity contribution in [3.05, 3.63) is 71.8 Å². The number of ether oxygens (including phenoxy) is 9. The van der Waals surface area contributed by atoms with Gasteiger partial charge in [0.25, 0.3) is 0 Å². The molecule has 0 bridgehead atoms. The zero-order valence-electron chi connectivity index (χ0n) is 50.9. The third-order valence-corrected chi connectivity index (χ3v) is 15.5. The normalized spacial score (nSPS) is 22.0. The third kappa shape index (κ3) is 30.0. The minimum absolute atomic E-state index is 0.0298. The van der Waals surface area contributed by atoms with Gasteiger partial charge in [0.1, 0.15) is 37.6 Å². The van der Waals surface area contributed by atoms with Crippen LogP contribution in [0.2, 0.25) is 0 Å². The Hall–Kier alpha value is -5.02. The lowest BCUT2D eigenvalue weighted by Gasteiger charge is -2.47. The van der Waals surface area contributed by atoms with E-state index in [0.29, 0.717) is 24.0 Å². The topological polar surface area (TPSA) is 266 Å². The molecule has 2 aliphatic rings. The number of aliphatic hydroxyl groups is 4. The SMILES string of the molecule is CCCCCCCCCCCCCCCC(=O)O[C@@H]1[C@@H](OC(=O)CCC(=O)OCc2ccccc2)[C@@H](O[C@H]2O[C@H](CO)[C@@H](O)[C@H](O)[C@H]2OC(=O)CCC(=O)OCc2ccccc2)O[C@H](CO)[C@H]1OC(=O)CCCCCCCCCCCCCCC. The summed E-state index contributed by atoms with van der Waals surface area (Å²) in [5.41, 5.74) is 1.43. The molecular weight excluding hydrogens is 1100 g/mol. The smallest absolute Gasteiger partial charge is 0.306 e. The van der Waals surface area contributed by atoms with Gasteiger partial charge in [0.05, 0.1) is 38.9 Å². The highest BCUT2D eigenvalue weighted by atomic mass is 16.8. The Morgan fingerprint density at radius 3 is 1.08 bits per heavy atom. The number of aliphatic hydroxyl groups excluding tert-OH is 4. The maximum absolute atomic E-state index is 14.0. The molecule has 2 aliphatic heterocycles. The first-order valence-corrected chi connectivity index (χ1v) is 32.1. The third-order valence-electron chi connectivity index (χ3n) is 15.5. The first-order chi connectivity index (χ1) is 41.4. The second-order valence-corrected chi connectivity index (χ2v) is 22.7. The van der Waals surface area contributed by atoms with Crippen molar-refractivity contribution in [2.75, 3.05) is 13.2 Å². The zero-order chi connectivity index (χ0) is 61.3. The Labute approximate surface area is 504 Å². The number of esters is 6. The number of unbranched alkanes of at least 4 members (excludes halogenated alkanes) is 24. The molecule has 0 spiro atoms. The lowest BCUT2D eigenvalue weighted by Crippen LogP contribution is -2.66. The molecule has 2 aromatic rings. The molecule has 2 heterocycles. The number of carbonyl (C=O) groups is 6. The maximum atomic E-state index is 14.0. The zero-order valence-corrected chi connectivity index (χ0v) is 50.9. The van der Waals surface area contributed by atoms with Crippen LogP contribution in [-0.2, 0) is 84.6 Å². The molecule has 480 valence electrons. The van der Waals surface area contributed by atoms with Gasteiger partial charge >= 0.3 is 35.8 Å². The number of hydrogen-bond donors (Lipinski definition) is 4. The van der Waals surface area contributed by atoms with Crippen LogP contribution in [-0.4, -0.2) is 131 Å². The molecule has 0 radical (unpaired) electrons. The molecule has 2 aromatic carbocycles. The van der Waals surface area contributed by atoms with Crippen LogP contribution in [0, 0.1) is 0 Å². The average molecular weight is 1200 g/mol. The van der Waals surface area contributed by atoms with E-state index in [2.05, 4.69) is 13.8 Å². The molecule has 0 aliphatic carbocycles. The second kappa shape index (κ2) is 44.4. The Kier molecular flexibility index (Phi) is 37.9. The molecule has 2 fully saturated rings. The summed E-state index contributed by atoms with van der Waals surface area (Å²) in [4.78, 5) is 80.8. The fourth-order valence-corrected chi connectivity index (χ4v) is 10.4. The van der Waals surface area contributed by atoms with Crippen molar-refractivity contribution < 1.29 is 91.8 Å². The summed E-state index contributed by atoms with van der Waals surface area (Å²) in [5.74, 6) is -5.01. The fourth-order valence-electron chi connectivity index (χ4n) is 10.4. The average Bonchev–Trinajstić information content (AvgIpc) is 3.10.